The van der Waals surface area contributed by atoms with Crippen LogP contribution >= 0.6 is 11.8 Å². The number of nitrogens with one attached hydrogen (secondary N) is 2. The summed E-state index contributed by atoms with van der Waals surface area (Å²) in [5, 5.41) is 6.44. The third kappa shape index (κ3) is 5.54. The Morgan fingerprint density at radius 3 is 2.41 bits per heavy atom. The summed E-state index contributed by atoms with van der Waals surface area (Å²) in [6.07, 6.45) is 3.69. The molecule has 0 unspecified atom stereocenters. The molecular formula is C17H26N2O2S. The number of hydrogen-bond donors (Lipinski definition) is 2. The minimum Gasteiger partial charge on any atom is -0.444 e. The van der Waals surface area contributed by atoms with Crippen LogP contribution in [0.3, 0.4) is 0 Å². The number of benzene rings is 1. The zero-order chi connectivity index (χ0) is 16.2. The third-order valence-electron chi connectivity index (χ3n) is 3.61. The first-order valence-corrected chi connectivity index (χ1v) is 8.94. The topological polar surface area (TPSA) is 50.4 Å². The van der Waals surface area contributed by atoms with Gasteiger partial charge in [-0.15, -0.1) is 11.8 Å². The number of ether oxygens (including phenoxy) is 1. The molecule has 0 aliphatic heterocycles. The Balaban J connectivity index is 1.64. The van der Waals surface area contributed by atoms with E-state index in [-0.39, 0.29) is 12.1 Å². The Bertz CT molecular complexity index is 490. The van der Waals surface area contributed by atoms with Gasteiger partial charge in [-0.3, -0.25) is 0 Å². The zero-order valence-corrected chi connectivity index (χ0v) is 14.6. The van der Waals surface area contributed by atoms with Crippen molar-refractivity contribution in [3.05, 3.63) is 29.8 Å². The number of carbonyl (C=O) groups excluding carboxylic acids is 1. The van der Waals surface area contributed by atoms with Crippen molar-refractivity contribution in [2.45, 2.75) is 62.7 Å². The van der Waals surface area contributed by atoms with Crippen LogP contribution in [0.15, 0.2) is 29.2 Å². The molecule has 22 heavy (non-hydrogen) atoms. The predicted octanol–water partition coefficient (Wildman–Crippen LogP) is 3.55. The Hall–Kier alpha value is -1.20. The monoisotopic (exact) mass is 322 g/mol. The summed E-state index contributed by atoms with van der Waals surface area (Å²) in [4.78, 5) is 12.9. The summed E-state index contributed by atoms with van der Waals surface area (Å²) in [6, 6.07) is 9.32. The summed E-state index contributed by atoms with van der Waals surface area (Å²) in [5.41, 5.74) is 0.857. The SMILES string of the molecule is CSc1ccc(CNC2CC(NC(=O)OC(C)(C)C)C2)cc1. The van der Waals surface area contributed by atoms with Crippen LogP contribution in [0, 0.1) is 0 Å². The first-order valence-electron chi connectivity index (χ1n) is 7.71. The molecule has 1 amide bonds. The molecule has 1 saturated carbocycles. The highest BCUT2D eigenvalue weighted by molar-refractivity contribution is 7.98. The van der Waals surface area contributed by atoms with Gasteiger partial charge in [-0.2, -0.15) is 0 Å². The highest BCUT2D eigenvalue weighted by atomic mass is 32.2. The van der Waals surface area contributed by atoms with E-state index in [4.69, 9.17) is 4.74 Å². The maximum atomic E-state index is 11.7. The van der Waals surface area contributed by atoms with Crippen molar-refractivity contribution < 1.29 is 9.53 Å². The molecule has 0 heterocycles. The van der Waals surface area contributed by atoms with E-state index in [0.717, 1.165) is 19.4 Å². The molecule has 1 aromatic rings. The van der Waals surface area contributed by atoms with Crippen LogP contribution in [0.2, 0.25) is 0 Å². The molecule has 5 heteroatoms. The van der Waals surface area contributed by atoms with Crippen LogP contribution < -0.4 is 10.6 Å². The van der Waals surface area contributed by atoms with Crippen molar-refractivity contribution in [1.82, 2.24) is 10.6 Å². The van der Waals surface area contributed by atoms with Gasteiger partial charge in [-0.05, 0) is 57.6 Å². The molecule has 1 aliphatic rings. The molecule has 1 fully saturated rings. The summed E-state index contributed by atoms with van der Waals surface area (Å²) in [6.45, 7) is 6.50. The van der Waals surface area contributed by atoms with Crippen molar-refractivity contribution in [2.75, 3.05) is 6.26 Å². The summed E-state index contributed by atoms with van der Waals surface area (Å²) in [7, 11) is 0. The second-order valence-corrected chi connectivity index (χ2v) is 7.62. The second-order valence-electron chi connectivity index (χ2n) is 6.74. The number of rotatable bonds is 5. The first kappa shape index (κ1) is 17.2. The minimum absolute atomic E-state index is 0.228. The van der Waals surface area contributed by atoms with Crippen molar-refractivity contribution in [1.29, 1.82) is 0 Å². The van der Waals surface area contributed by atoms with Gasteiger partial charge in [0.05, 0.1) is 0 Å². The van der Waals surface area contributed by atoms with E-state index >= 15 is 0 Å². The molecule has 0 radical (unpaired) electrons. The molecule has 2 N–H and O–H groups in total. The maximum absolute atomic E-state index is 11.7. The summed E-state index contributed by atoms with van der Waals surface area (Å²) >= 11 is 1.75. The fourth-order valence-electron chi connectivity index (χ4n) is 2.38. The Morgan fingerprint density at radius 2 is 1.86 bits per heavy atom. The highest BCUT2D eigenvalue weighted by Gasteiger charge is 2.31. The van der Waals surface area contributed by atoms with Crippen LogP contribution in [0.25, 0.3) is 0 Å². The van der Waals surface area contributed by atoms with E-state index in [1.165, 1.54) is 10.5 Å². The summed E-state index contributed by atoms with van der Waals surface area (Å²) in [5.74, 6) is 0. The number of hydrogen-bond acceptors (Lipinski definition) is 4. The normalized spacial score (nSPS) is 21.1. The van der Waals surface area contributed by atoms with E-state index in [2.05, 4.69) is 41.2 Å². The first-order chi connectivity index (χ1) is 10.4. The van der Waals surface area contributed by atoms with Crippen molar-refractivity contribution >= 4 is 17.9 Å². The predicted molar refractivity (Wildman–Crippen MR) is 91.2 cm³/mol. The van der Waals surface area contributed by atoms with Crippen LogP contribution in [0.4, 0.5) is 4.79 Å². The third-order valence-corrected chi connectivity index (χ3v) is 4.36. The van der Waals surface area contributed by atoms with E-state index in [0.29, 0.717) is 6.04 Å². The maximum Gasteiger partial charge on any atom is 0.407 e. The molecule has 0 spiro atoms. The number of thioether (sulfide) groups is 1. The molecule has 0 atom stereocenters. The second kappa shape index (κ2) is 7.38. The van der Waals surface area contributed by atoms with Crippen molar-refractivity contribution in [2.24, 2.45) is 0 Å². The molecule has 0 saturated heterocycles. The number of carbonyl (C=O) groups is 1. The van der Waals surface area contributed by atoms with Gasteiger partial charge >= 0.3 is 6.09 Å². The van der Waals surface area contributed by atoms with Gasteiger partial charge in [0, 0.05) is 23.5 Å². The van der Waals surface area contributed by atoms with Gasteiger partial charge in [-0.25, -0.2) is 4.79 Å². The lowest BCUT2D eigenvalue weighted by molar-refractivity contribution is 0.0465. The lowest BCUT2D eigenvalue weighted by Crippen LogP contribution is -2.52. The lowest BCUT2D eigenvalue weighted by atomic mass is 9.87. The average Bonchev–Trinajstić information content (AvgIpc) is 2.39. The zero-order valence-electron chi connectivity index (χ0n) is 13.8. The van der Waals surface area contributed by atoms with E-state index in [1.807, 2.05) is 20.8 Å². The highest BCUT2D eigenvalue weighted by Crippen LogP contribution is 2.21. The lowest BCUT2D eigenvalue weighted by Gasteiger charge is -2.36. The van der Waals surface area contributed by atoms with Crippen LogP contribution in [-0.4, -0.2) is 30.0 Å². The van der Waals surface area contributed by atoms with Crippen LogP contribution in [0.5, 0.6) is 0 Å². The van der Waals surface area contributed by atoms with Crippen molar-refractivity contribution in [3.8, 4) is 0 Å². The fourth-order valence-corrected chi connectivity index (χ4v) is 2.79. The fraction of sp³-hybridized carbons (Fsp3) is 0.588. The average molecular weight is 322 g/mol. The Labute approximate surface area is 137 Å². The van der Waals surface area contributed by atoms with Gasteiger partial charge in [0.15, 0.2) is 0 Å². The minimum atomic E-state index is -0.436. The van der Waals surface area contributed by atoms with Crippen LogP contribution in [-0.2, 0) is 11.3 Å². The number of alkyl carbamates (subject to hydrolysis) is 1. The molecule has 2 rings (SSSR count). The molecular weight excluding hydrogens is 296 g/mol. The standard InChI is InChI=1S/C17H26N2O2S/c1-17(2,3)21-16(20)19-14-9-13(10-14)18-11-12-5-7-15(22-4)8-6-12/h5-8,13-14,18H,9-11H2,1-4H3,(H,19,20). The number of amides is 1. The van der Waals surface area contributed by atoms with Gasteiger partial charge in [0.1, 0.15) is 5.60 Å². The van der Waals surface area contributed by atoms with Gasteiger partial charge in [0.25, 0.3) is 0 Å². The molecule has 1 aromatic carbocycles. The van der Waals surface area contributed by atoms with Crippen LogP contribution in [0.1, 0.15) is 39.2 Å². The molecule has 122 valence electrons. The molecule has 1 aliphatic carbocycles. The van der Waals surface area contributed by atoms with Crippen molar-refractivity contribution in [3.63, 3.8) is 0 Å². The van der Waals surface area contributed by atoms with Gasteiger partial charge in [0.2, 0.25) is 0 Å². The molecule has 0 aromatic heterocycles. The largest absolute Gasteiger partial charge is 0.444 e. The quantitative estimate of drug-likeness (QED) is 0.814. The van der Waals surface area contributed by atoms with Gasteiger partial charge < -0.3 is 15.4 Å². The molecule has 0 bridgehead atoms. The van der Waals surface area contributed by atoms with E-state index in [1.54, 1.807) is 11.8 Å². The molecule has 4 nitrogen and oxygen atoms in total. The van der Waals surface area contributed by atoms with E-state index in [9.17, 15) is 4.79 Å². The van der Waals surface area contributed by atoms with E-state index < -0.39 is 5.60 Å². The Kier molecular flexibility index (Phi) is 5.75. The van der Waals surface area contributed by atoms with Gasteiger partial charge in [-0.1, -0.05) is 12.1 Å². The smallest absolute Gasteiger partial charge is 0.407 e. The Morgan fingerprint density at radius 1 is 1.23 bits per heavy atom. The summed E-state index contributed by atoms with van der Waals surface area (Å²) < 4.78 is 5.26.